The summed E-state index contributed by atoms with van der Waals surface area (Å²) in [5.74, 6) is 0.0669. The zero-order valence-corrected chi connectivity index (χ0v) is 14.2. The third kappa shape index (κ3) is 1.90. The van der Waals surface area contributed by atoms with E-state index in [0.717, 1.165) is 35.7 Å². The van der Waals surface area contributed by atoms with Gasteiger partial charge in [-0.25, -0.2) is 4.99 Å². The molecule has 1 fully saturated rings. The lowest BCUT2D eigenvalue weighted by atomic mass is 9.84. The zero-order chi connectivity index (χ0) is 15.4. The fraction of sp³-hybridized carbons (Fsp3) is 0.333. The summed E-state index contributed by atoms with van der Waals surface area (Å²) < 4.78 is -0.426. The monoisotopic (exact) mass is 340 g/mol. The number of carbonyl (C=O) groups excluding carboxylic acids is 1. The van der Waals surface area contributed by atoms with Gasteiger partial charge < -0.3 is 4.90 Å². The molecule has 0 saturated carbocycles. The maximum absolute atomic E-state index is 13.0. The lowest BCUT2D eigenvalue weighted by molar-refractivity contribution is -0.120. The van der Waals surface area contributed by atoms with Gasteiger partial charge in [0.25, 0.3) is 5.91 Å². The number of anilines is 1. The van der Waals surface area contributed by atoms with Crippen molar-refractivity contribution in [2.75, 3.05) is 11.4 Å². The molecule has 3 aliphatic heterocycles. The number of amides is 1. The Morgan fingerprint density at radius 3 is 3.00 bits per heavy atom. The summed E-state index contributed by atoms with van der Waals surface area (Å²) >= 11 is 3.37. The van der Waals surface area contributed by atoms with Crippen LogP contribution in [-0.4, -0.2) is 28.3 Å². The molecule has 2 unspecified atom stereocenters. The SMILES string of the molecule is O=C1N=C(c2cccs2)SC12Cc1ccccc1N1CCCC12. The smallest absolute Gasteiger partial charge is 0.265 e. The van der Waals surface area contributed by atoms with Crippen LogP contribution < -0.4 is 4.90 Å². The molecule has 3 nitrogen and oxygen atoms in total. The minimum Gasteiger partial charge on any atom is -0.366 e. The van der Waals surface area contributed by atoms with E-state index >= 15 is 0 Å². The summed E-state index contributed by atoms with van der Waals surface area (Å²) in [6.45, 7) is 1.05. The van der Waals surface area contributed by atoms with Crippen molar-refractivity contribution in [2.45, 2.75) is 30.1 Å². The van der Waals surface area contributed by atoms with Gasteiger partial charge in [0.15, 0.2) is 0 Å². The Balaban J connectivity index is 1.60. The van der Waals surface area contributed by atoms with E-state index in [1.54, 1.807) is 23.1 Å². The largest absolute Gasteiger partial charge is 0.366 e. The molecule has 5 rings (SSSR count). The van der Waals surface area contributed by atoms with E-state index in [2.05, 4.69) is 40.2 Å². The Kier molecular flexibility index (Phi) is 2.97. The molecule has 1 saturated heterocycles. The van der Waals surface area contributed by atoms with Crippen LogP contribution in [0.3, 0.4) is 0 Å². The van der Waals surface area contributed by atoms with Gasteiger partial charge in [0.2, 0.25) is 0 Å². The van der Waals surface area contributed by atoms with E-state index in [1.807, 2.05) is 11.4 Å². The van der Waals surface area contributed by atoms with Crippen LogP contribution in [0.1, 0.15) is 23.3 Å². The fourth-order valence-corrected chi connectivity index (χ4v) is 6.40. The molecule has 1 spiro atoms. The van der Waals surface area contributed by atoms with Crippen molar-refractivity contribution in [3.05, 3.63) is 52.2 Å². The maximum atomic E-state index is 13.0. The standard InChI is InChI=1S/C18H16N2OS2/c21-17-18(23-16(19-17)14-7-4-10-22-14)11-12-5-1-2-6-13(12)20-9-3-8-15(18)20/h1-2,4-7,10,15H,3,8-9,11H2. The second-order valence-corrected chi connectivity index (χ2v) is 8.61. The highest BCUT2D eigenvalue weighted by Gasteiger charge is 2.57. The van der Waals surface area contributed by atoms with E-state index in [0.29, 0.717) is 0 Å². The molecule has 0 N–H and O–H groups in total. The fourth-order valence-electron chi connectivity index (χ4n) is 4.13. The van der Waals surface area contributed by atoms with Gasteiger partial charge >= 0.3 is 0 Å². The number of hydrogen-bond donors (Lipinski definition) is 0. The zero-order valence-electron chi connectivity index (χ0n) is 12.6. The topological polar surface area (TPSA) is 32.7 Å². The number of fused-ring (bicyclic) bond motifs is 4. The molecule has 5 heteroatoms. The highest BCUT2D eigenvalue weighted by Crippen LogP contribution is 2.51. The Morgan fingerprint density at radius 2 is 2.13 bits per heavy atom. The Morgan fingerprint density at radius 1 is 1.22 bits per heavy atom. The van der Waals surface area contributed by atoms with E-state index < -0.39 is 4.75 Å². The van der Waals surface area contributed by atoms with Crippen molar-refractivity contribution >= 4 is 39.7 Å². The molecule has 1 aromatic carbocycles. The number of para-hydroxylation sites is 1. The maximum Gasteiger partial charge on any atom is 0.265 e. The first kappa shape index (κ1) is 13.8. The molecular weight excluding hydrogens is 324 g/mol. The van der Waals surface area contributed by atoms with Crippen LogP contribution in [-0.2, 0) is 11.2 Å². The molecule has 2 aromatic rings. The summed E-state index contributed by atoms with van der Waals surface area (Å²) in [5, 5.41) is 2.96. The van der Waals surface area contributed by atoms with E-state index in [-0.39, 0.29) is 11.9 Å². The number of rotatable bonds is 1. The van der Waals surface area contributed by atoms with Crippen LogP contribution >= 0.6 is 23.1 Å². The van der Waals surface area contributed by atoms with Crippen LogP contribution in [0, 0.1) is 0 Å². The molecule has 2 atom stereocenters. The van der Waals surface area contributed by atoms with Crippen molar-refractivity contribution in [3.63, 3.8) is 0 Å². The number of hydrogen-bond acceptors (Lipinski definition) is 4. The third-order valence-corrected chi connectivity index (χ3v) is 7.59. The van der Waals surface area contributed by atoms with Gasteiger partial charge in [-0.05, 0) is 35.9 Å². The van der Waals surface area contributed by atoms with Crippen LogP contribution in [0.5, 0.6) is 0 Å². The van der Waals surface area contributed by atoms with Gasteiger partial charge in [0.05, 0.1) is 10.9 Å². The lowest BCUT2D eigenvalue weighted by Gasteiger charge is -2.44. The predicted octanol–water partition coefficient (Wildman–Crippen LogP) is 3.73. The quantitative estimate of drug-likeness (QED) is 0.793. The summed E-state index contributed by atoms with van der Waals surface area (Å²) in [4.78, 5) is 21.0. The minimum atomic E-state index is -0.426. The first-order chi connectivity index (χ1) is 11.3. The summed E-state index contributed by atoms with van der Waals surface area (Å²) in [6.07, 6.45) is 3.04. The third-order valence-electron chi connectivity index (χ3n) is 5.12. The van der Waals surface area contributed by atoms with Gasteiger partial charge in [0, 0.05) is 18.7 Å². The molecule has 1 aromatic heterocycles. The molecule has 0 radical (unpaired) electrons. The molecule has 0 bridgehead atoms. The van der Waals surface area contributed by atoms with Crippen LogP contribution in [0.2, 0.25) is 0 Å². The van der Waals surface area contributed by atoms with Crippen molar-refractivity contribution in [1.29, 1.82) is 0 Å². The summed E-state index contributed by atoms with van der Waals surface area (Å²) in [7, 11) is 0. The average Bonchev–Trinajstić information content (AvgIpc) is 3.29. The van der Waals surface area contributed by atoms with Crippen molar-refractivity contribution < 1.29 is 4.79 Å². The molecule has 1 amide bonds. The summed E-state index contributed by atoms with van der Waals surface area (Å²) in [6, 6.07) is 12.9. The lowest BCUT2D eigenvalue weighted by Crippen LogP contribution is -2.55. The molecule has 116 valence electrons. The second-order valence-electron chi connectivity index (χ2n) is 6.35. The molecule has 4 heterocycles. The summed E-state index contributed by atoms with van der Waals surface area (Å²) in [5.41, 5.74) is 2.60. The molecular formula is C18H16N2OS2. The van der Waals surface area contributed by atoms with Crippen molar-refractivity contribution in [1.82, 2.24) is 0 Å². The van der Waals surface area contributed by atoms with Gasteiger partial charge in [0.1, 0.15) is 9.79 Å². The Bertz CT molecular complexity index is 814. The highest BCUT2D eigenvalue weighted by molar-refractivity contribution is 8.17. The normalized spacial score (nSPS) is 28.9. The number of thiophene rings is 1. The van der Waals surface area contributed by atoms with Crippen LogP contribution in [0.4, 0.5) is 5.69 Å². The van der Waals surface area contributed by atoms with E-state index in [4.69, 9.17) is 0 Å². The number of thioether (sulfide) groups is 1. The number of aliphatic imine (C=N–C) groups is 1. The van der Waals surface area contributed by atoms with Crippen molar-refractivity contribution in [3.8, 4) is 0 Å². The van der Waals surface area contributed by atoms with Gasteiger partial charge in [-0.15, -0.1) is 11.3 Å². The number of benzene rings is 1. The van der Waals surface area contributed by atoms with E-state index in [1.165, 1.54) is 11.3 Å². The van der Waals surface area contributed by atoms with Crippen LogP contribution in [0.25, 0.3) is 0 Å². The Labute approximate surface area is 143 Å². The first-order valence-electron chi connectivity index (χ1n) is 7.98. The van der Waals surface area contributed by atoms with Gasteiger partial charge in [-0.3, -0.25) is 4.79 Å². The van der Waals surface area contributed by atoms with Gasteiger partial charge in [-0.2, -0.15) is 0 Å². The van der Waals surface area contributed by atoms with E-state index in [9.17, 15) is 4.79 Å². The number of nitrogens with zero attached hydrogens (tertiary/aromatic N) is 2. The second kappa shape index (κ2) is 4.95. The molecule has 0 aliphatic carbocycles. The van der Waals surface area contributed by atoms with Gasteiger partial charge in [-0.1, -0.05) is 36.0 Å². The Hall–Kier alpha value is -1.59. The first-order valence-corrected chi connectivity index (χ1v) is 9.68. The number of carbonyl (C=O) groups is 1. The van der Waals surface area contributed by atoms with Crippen LogP contribution in [0.15, 0.2) is 46.8 Å². The molecule has 3 aliphatic rings. The molecule has 23 heavy (non-hydrogen) atoms. The average molecular weight is 340 g/mol. The van der Waals surface area contributed by atoms with Crippen molar-refractivity contribution in [2.24, 2.45) is 4.99 Å². The minimum absolute atomic E-state index is 0.0669. The predicted molar refractivity (Wildman–Crippen MR) is 96.7 cm³/mol. The highest BCUT2D eigenvalue weighted by atomic mass is 32.2.